The van der Waals surface area contributed by atoms with E-state index in [1.54, 1.807) is 0 Å². The van der Waals surface area contributed by atoms with Crippen LogP contribution in [0.3, 0.4) is 0 Å². The number of carboxylic acids is 1. The molecule has 1 unspecified atom stereocenters. The van der Waals surface area contributed by atoms with Gasteiger partial charge in [0.15, 0.2) is 0 Å². The Balaban J connectivity index is -0.0000000600. The van der Waals surface area contributed by atoms with E-state index in [1.165, 1.54) is 0 Å². The molecule has 4 nitrogen and oxygen atoms in total. The SMILES string of the molecule is COC(O)C(=O)O.[Ca+2].[H-].[H-]. The Morgan fingerprint density at radius 3 is 2.25 bits per heavy atom. The summed E-state index contributed by atoms with van der Waals surface area (Å²) in [7, 11) is 1.11. The number of ether oxygens (including phenoxy) is 1. The molecule has 0 aliphatic heterocycles. The molecule has 0 bridgehead atoms. The average molecular weight is 148 g/mol. The smallest absolute Gasteiger partial charge is 1.00 e. The monoisotopic (exact) mass is 148 g/mol. The largest absolute Gasteiger partial charge is 2.00 e. The van der Waals surface area contributed by atoms with Crippen molar-refractivity contribution in [2.24, 2.45) is 0 Å². The number of rotatable bonds is 2. The third kappa shape index (κ3) is 4.80. The third-order valence-corrected chi connectivity index (χ3v) is 0.435. The van der Waals surface area contributed by atoms with Gasteiger partial charge in [0.2, 0.25) is 0 Å². The fourth-order valence-corrected chi connectivity index (χ4v) is 0.101. The van der Waals surface area contributed by atoms with E-state index in [-0.39, 0.29) is 40.6 Å². The van der Waals surface area contributed by atoms with Gasteiger partial charge in [0.25, 0.3) is 6.29 Å². The first-order chi connectivity index (χ1) is 3.18. The fraction of sp³-hybridized carbons (Fsp3) is 0.667. The maximum Gasteiger partial charge on any atom is 2.00 e. The molecule has 46 valence electrons. The van der Waals surface area contributed by atoms with Crippen LogP contribution in [-0.2, 0) is 9.53 Å². The number of aliphatic hydroxyl groups excluding tert-OH is 1. The topological polar surface area (TPSA) is 66.8 Å². The number of aliphatic carboxylic acids is 1. The average Bonchev–Trinajstić information content (AvgIpc) is 1.65. The van der Waals surface area contributed by atoms with Crippen LogP contribution in [-0.4, -0.2) is 67.3 Å². The summed E-state index contributed by atoms with van der Waals surface area (Å²) in [5.41, 5.74) is 0. The van der Waals surface area contributed by atoms with Crippen LogP contribution in [0.2, 0.25) is 0 Å². The van der Waals surface area contributed by atoms with Crippen molar-refractivity contribution >= 4 is 43.7 Å². The van der Waals surface area contributed by atoms with Gasteiger partial charge >= 0.3 is 43.7 Å². The van der Waals surface area contributed by atoms with E-state index < -0.39 is 12.3 Å². The number of aliphatic hydroxyl groups is 1. The Kier molecular flexibility index (Phi) is 8.27. The van der Waals surface area contributed by atoms with Crippen molar-refractivity contribution in [3.05, 3.63) is 0 Å². The molecule has 5 heteroatoms. The Labute approximate surface area is 79.4 Å². The predicted octanol–water partition coefficient (Wildman–Crippen LogP) is -1.12. The van der Waals surface area contributed by atoms with Crippen LogP contribution in [0.15, 0.2) is 0 Å². The molecule has 1 atom stereocenters. The summed E-state index contributed by atoms with van der Waals surface area (Å²) in [5.74, 6) is -1.37. The number of hydrogen-bond acceptors (Lipinski definition) is 3. The van der Waals surface area contributed by atoms with Crippen LogP contribution in [0.25, 0.3) is 0 Å². The number of carboxylic acid groups (broad SMARTS) is 1. The number of carbonyl (C=O) groups is 1. The van der Waals surface area contributed by atoms with Gasteiger partial charge in [-0.25, -0.2) is 4.79 Å². The second-order valence-electron chi connectivity index (χ2n) is 0.926. The van der Waals surface area contributed by atoms with Gasteiger partial charge in [0.1, 0.15) is 0 Å². The zero-order valence-corrected chi connectivity index (χ0v) is 6.70. The second kappa shape index (κ2) is 5.78. The van der Waals surface area contributed by atoms with Gasteiger partial charge in [-0.05, 0) is 0 Å². The van der Waals surface area contributed by atoms with Gasteiger partial charge in [0.05, 0.1) is 0 Å². The van der Waals surface area contributed by atoms with Crippen molar-refractivity contribution < 1.29 is 22.6 Å². The molecular weight excluding hydrogens is 140 g/mol. The van der Waals surface area contributed by atoms with E-state index in [2.05, 4.69) is 4.74 Å². The molecule has 0 aromatic rings. The summed E-state index contributed by atoms with van der Waals surface area (Å²) in [6.45, 7) is 0. The fourth-order valence-electron chi connectivity index (χ4n) is 0.101. The van der Waals surface area contributed by atoms with Crippen LogP contribution in [0.5, 0.6) is 0 Å². The molecule has 0 fully saturated rings. The maximum atomic E-state index is 9.56. The molecule has 0 heterocycles. The van der Waals surface area contributed by atoms with E-state index in [4.69, 9.17) is 10.2 Å². The summed E-state index contributed by atoms with van der Waals surface area (Å²) in [5, 5.41) is 15.9. The van der Waals surface area contributed by atoms with Crippen LogP contribution < -0.4 is 0 Å². The van der Waals surface area contributed by atoms with Crippen molar-refractivity contribution in [1.29, 1.82) is 0 Å². The summed E-state index contributed by atoms with van der Waals surface area (Å²) in [4.78, 5) is 9.56. The van der Waals surface area contributed by atoms with Crippen molar-refractivity contribution in [2.45, 2.75) is 6.29 Å². The summed E-state index contributed by atoms with van der Waals surface area (Å²) < 4.78 is 3.97. The predicted molar refractivity (Wildman–Crippen MR) is 28.6 cm³/mol. The molecule has 0 aromatic heterocycles. The van der Waals surface area contributed by atoms with Gasteiger partial charge in [-0.2, -0.15) is 0 Å². The quantitative estimate of drug-likeness (QED) is 0.384. The summed E-state index contributed by atoms with van der Waals surface area (Å²) in [6, 6.07) is 0. The molecule has 0 spiro atoms. The standard InChI is InChI=1S/C3H6O4.Ca.2H/c1-7-3(6)2(4)5;;;/h3,6H,1H3,(H,4,5);;;/q;+2;2*-1. The summed E-state index contributed by atoms with van der Waals surface area (Å²) in [6.07, 6.45) is -1.68. The molecule has 2 N–H and O–H groups in total. The number of hydrogen-bond donors (Lipinski definition) is 2. The second-order valence-corrected chi connectivity index (χ2v) is 0.926. The minimum Gasteiger partial charge on any atom is -1.00 e. The van der Waals surface area contributed by atoms with E-state index in [0.717, 1.165) is 7.11 Å². The Morgan fingerprint density at radius 1 is 1.88 bits per heavy atom. The Bertz CT molecular complexity index is 80.9. The van der Waals surface area contributed by atoms with Crippen molar-refractivity contribution in [3.8, 4) is 0 Å². The summed E-state index contributed by atoms with van der Waals surface area (Å²) >= 11 is 0. The van der Waals surface area contributed by atoms with Gasteiger partial charge in [0, 0.05) is 7.11 Å². The zero-order valence-electron chi connectivity index (χ0n) is 6.50. The minimum absolute atomic E-state index is 0. The van der Waals surface area contributed by atoms with Gasteiger partial charge in [-0.15, -0.1) is 0 Å². The van der Waals surface area contributed by atoms with Crippen molar-refractivity contribution in [1.82, 2.24) is 0 Å². The van der Waals surface area contributed by atoms with Crippen LogP contribution in [0.4, 0.5) is 0 Å². The van der Waals surface area contributed by atoms with Crippen LogP contribution >= 0.6 is 0 Å². The Morgan fingerprint density at radius 2 is 2.25 bits per heavy atom. The first-order valence-electron chi connectivity index (χ1n) is 1.62. The van der Waals surface area contributed by atoms with Gasteiger partial charge in [-0.3, -0.25) is 0 Å². The molecule has 0 saturated heterocycles. The van der Waals surface area contributed by atoms with Gasteiger partial charge in [-0.1, -0.05) is 0 Å². The molecule has 0 rings (SSSR count). The van der Waals surface area contributed by atoms with E-state index in [9.17, 15) is 4.79 Å². The van der Waals surface area contributed by atoms with Crippen molar-refractivity contribution in [2.75, 3.05) is 7.11 Å². The maximum absolute atomic E-state index is 9.56. The van der Waals surface area contributed by atoms with E-state index in [1.807, 2.05) is 0 Å². The normalized spacial score (nSPS) is 11.8. The molecule has 0 amide bonds. The molecule has 0 radical (unpaired) electrons. The molecular formula is C3H8CaO4. The molecule has 0 aliphatic carbocycles. The van der Waals surface area contributed by atoms with E-state index in [0.29, 0.717) is 0 Å². The molecule has 0 aliphatic rings. The molecule has 8 heavy (non-hydrogen) atoms. The van der Waals surface area contributed by atoms with Gasteiger partial charge < -0.3 is 17.8 Å². The van der Waals surface area contributed by atoms with Crippen LogP contribution in [0.1, 0.15) is 2.85 Å². The third-order valence-electron chi connectivity index (χ3n) is 0.435. The molecule has 0 saturated carbocycles. The van der Waals surface area contributed by atoms with E-state index >= 15 is 0 Å². The minimum atomic E-state index is -1.68. The Hall–Kier alpha value is 0.650. The molecule has 0 aromatic carbocycles. The first-order valence-corrected chi connectivity index (χ1v) is 1.62. The first kappa shape index (κ1) is 11.4. The zero-order chi connectivity index (χ0) is 5.86. The number of methoxy groups -OCH3 is 1. The van der Waals surface area contributed by atoms with Crippen LogP contribution in [0, 0.1) is 0 Å². The van der Waals surface area contributed by atoms with Crippen molar-refractivity contribution in [3.63, 3.8) is 0 Å².